The summed E-state index contributed by atoms with van der Waals surface area (Å²) in [5.41, 5.74) is 8.83. The number of fused-ring (bicyclic) bond motifs is 1. The van der Waals surface area contributed by atoms with Crippen molar-refractivity contribution in [3.63, 3.8) is 0 Å². The molecular weight excluding hydrogens is 386 g/mol. The number of halogens is 1. The normalized spacial score (nSPS) is 15.6. The number of rotatable bonds is 5. The molecule has 146 valence electrons. The molecule has 27 heavy (non-hydrogen) atoms. The zero-order chi connectivity index (χ0) is 18.9. The van der Waals surface area contributed by atoms with Gasteiger partial charge in [0.2, 0.25) is 15.9 Å². The molecule has 1 heterocycles. The van der Waals surface area contributed by atoms with Crippen LogP contribution in [0, 0.1) is 5.92 Å². The summed E-state index contributed by atoms with van der Waals surface area (Å²) in [4.78, 5) is 14.9. The van der Waals surface area contributed by atoms with Crippen LogP contribution in [0.15, 0.2) is 53.4 Å². The van der Waals surface area contributed by atoms with Gasteiger partial charge in [0.1, 0.15) is 0 Å². The average molecular weight is 410 g/mol. The van der Waals surface area contributed by atoms with E-state index in [2.05, 4.69) is 4.72 Å². The minimum absolute atomic E-state index is 0. The van der Waals surface area contributed by atoms with Gasteiger partial charge in [-0.3, -0.25) is 4.79 Å². The van der Waals surface area contributed by atoms with Crippen LogP contribution in [0.1, 0.15) is 24.1 Å². The van der Waals surface area contributed by atoms with Crippen molar-refractivity contribution in [1.82, 2.24) is 4.72 Å². The molecule has 1 aliphatic rings. The van der Waals surface area contributed by atoms with Crippen molar-refractivity contribution in [2.45, 2.75) is 24.3 Å². The molecule has 1 amide bonds. The molecule has 8 heteroatoms. The number of nitrogens with zero attached hydrogens (tertiary/aromatic N) is 1. The van der Waals surface area contributed by atoms with E-state index in [1.165, 1.54) is 13.1 Å². The molecule has 2 aromatic rings. The third kappa shape index (κ3) is 4.16. The van der Waals surface area contributed by atoms with Gasteiger partial charge in [0, 0.05) is 18.3 Å². The van der Waals surface area contributed by atoms with Crippen LogP contribution in [0.5, 0.6) is 0 Å². The molecule has 0 spiro atoms. The van der Waals surface area contributed by atoms with Gasteiger partial charge in [0.15, 0.2) is 0 Å². The minimum Gasteiger partial charge on any atom is -0.323 e. The Hall–Kier alpha value is -1.93. The van der Waals surface area contributed by atoms with Crippen LogP contribution in [0.25, 0.3) is 0 Å². The van der Waals surface area contributed by atoms with Gasteiger partial charge < -0.3 is 10.6 Å². The zero-order valence-electron chi connectivity index (χ0n) is 15.3. The predicted molar refractivity (Wildman–Crippen MR) is 109 cm³/mol. The number of hydrogen-bond acceptors (Lipinski definition) is 4. The van der Waals surface area contributed by atoms with E-state index in [0.717, 1.165) is 16.8 Å². The molecule has 0 fully saturated rings. The minimum atomic E-state index is -3.50. The molecule has 0 aromatic heterocycles. The van der Waals surface area contributed by atoms with Crippen molar-refractivity contribution in [2.75, 3.05) is 18.5 Å². The monoisotopic (exact) mass is 409 g/mol. The molecule has 2 atom stereocenters. The second-order valence-corrected chi connectivity index (χ2v) is 8.35. The Morgan fingerprint density at radius 2 is 1.85 bits per heavy atom. The maximum Gasteiger partial charge on any atom is 0.240 e. The van der Waals surface area contributed by atoms with Gasteiger partial charge in [0.05, 0.1) is 10.8 Å². The summed E-state index contributed by atoms with van der Waals surface area (Å²) in [6, 6.07) is 14.0. The number of benzene rings is 2. The lowest BCUT2D eigenvalue weighted by molar-refractivity contribution is -0.122. The van der Waals surface area contributed by atoms with Gasteiger partial charge in [-0.25, -0.2) is 13.1 Å². The highest BCUT2D eigenvalue weighted by Gasteiger charge is 2.32. The molecule has 2 unspecified atom stereocenters. The SMILES string of the molecule is CNS(=O)(=O)c1ccc2c(c1)CCN2C(=O)C(C)C(N)c1ccccc1.Cl. The van der Waals surface area contributed by atoms with Crippen LogP contribution in [0.4, 0.5) is 5.69 Å². The van der Waals surface area contributed by atoms with Gasteiger partial charge in [-0.15, -0.1) is 12.4 Å². The van der Waals surface area contributed by atoms with Gasteiger partial charge in [-0.2, -0.15) is 0 Å². The van der Waals surface area contributed by atoms with Crippen LogP contribution < -0.4 is 15.4 Å². The molecule has 3 N–H and O–H groups in total. The van der Waals surface area contributed by atoms with Gasteiger partial charge in [0.25, 0.3) is 0 Å². The highest BCUT2D eigenvalue weighted by molar-refractivity contribution is 7.89. The van der Waals surface area contributed by atoms with Crippen molar-refractivity contribution in [1.29, 1.82) is 0 Å². The highest BCUT2D eigenvalue weighted by Crippen LogP contribution is 2.33. The summed E-state index contributed by atoms with van der Waals surface area (Å²) in [5, 5.41) is 0. The molecule has 3 rings (SSSR count). The second-order valence-electron chi connectivity index (χ2n) is 6.46. The number of nitrogens with one attached hydrogen (secondary N) is 1. The van der Waals surface area contributed by atoms with Crippen LogP contribution in [0.3, 0.4) is 0 Å². The Morgan fingerprint density at radius 1 is 1.19 bits per heavy atom. The quantitative estimate of drug-likeness (QED) is 0.792. The first-order valence-corrected chi connectivity index (χ1v) is 10.0. The van der Waals surface area contributed by atoms with Gasteiger partial charge in [-0.1, -0.05) is 37.3 Å². The summed E-state index contributed by atoms with van der Waals surface area (Å²) in [7, 11) is -2.12. The fourth-order valence-electron chi connectivity index (χ4n) is 3.26. The average Bonchev–Trinajstić information content (AvgIpc) is 3.10. The molecule has 1 aliphatic heterocycles. The fraction of sp³-hybridized carbons (Fsp3) is 0.316. The molecule has 0 radical (unpaired) electrons. The number of sulfonamides is 1. The molecule has 0 aliphatic carbocycles. The first-order valence-electron chi connectivity index (χ1n) is 8.53. The lowest BCUT2D eigenvalue weighted by Gasteiger charge is -2.26. The Bertz CT molecular complexity index is 919. The standard InChI is InChI=1S/C19H23N3O3S.ClH/c1-13(18(20)14-6-4-3-5-7-14)19(23)22-11-10-15-12-16(8-9-17(15)22)26(24,25)21-2;/h3-9,12-13,18,21H,10-11,20H2,1-2H3;1H. The molecule has 0 bridgehead atoms. The molecule has 0 saturated carbocycles. The Morgan fingerprint density at radius 3 is 2.48 bits per heavy atom. The zero-order valence-corrected chi connectivity index (χ0v) is 16.9. The van der Waals surface area contributed by atoms with Gasteiger partial charge in [-0.05, 0) is 42.8 Å². The Labute approximate surface area is 166 Å². The maximum atomic E-state index is 13.0. The highest BCUT2D eigenvalue weighted by atomic mass is 35.5. The smallest absolute Gasteiger partial charge is 0.240 e. The van der Waals surface area contributed by atoms with E-state index in [4.69, 9.17) is 5.73 Å². The Balaban J connectivity index is 0.00000261. The van der Waals surface area contributed by atoms with Gasteiger partial charge >= 0.3 is 0 Å². The number of hydrogen-bond donors (Lipinski definition) is 2. The van der Waals surface area contributed by atoms with Crippen LogP contribution in [-0.2, 0) is 21.2 Å². The van der Waals surface area contributed by atoms with E-state index in [0.29, 0.717) is 13.0 Å². The van der Waals surface area contributed by atoms with Crippen molar-refractivity contribution in [2.24, 2.45) is 11.7 Å². The summed E-state index contributed by atoms with van der Waals surface area (Å²) < 4.78 is 26.2. The first kappa shape index (κ1) is 21.4. The van der Waals surface area contributed by atoms with E-state index in [9.17, 15) is 13.2 Å². The second kappa shape index (κ2) is 8.39. The maximum absolute atomic E-state index is 13.0. The number of carbonyl (C=O) groups excluding carboxylic acids is 1. The number of carbonyl (C=O) groups is 1. The van der Waals surface area contributed by atoms with E-state index in [1.807, 2.05) is 37.3 Å². The summed E-state index contributed by atoms with van der Waals surface area (Å²) >= 11 is 0. The molecule has 2 aromatic carbocycles. The summed E-state index contributed by atoms with van der Waals surface area (Å²) in [6.45, 7) is 2.36. The number of nitrogens with two attached hydrogens (primary N) is 1. The number of anilines is 1. The van der Waals surface area contributed by atoms with Crippen molar-refractivity contribution >= 4 is 34.0 Å². The van der Waals surface area contributed by atoms with E-state index < -0.39 is 16.1 Å². The molecular formula is C19H24ClN3O3S. The van der Waals surface area contributed by atoms with Crippen LogP contribution in [-0.4, -0.2) is 27.9 Å². The summed E-state index contributed by atoms with van der Waals surface area (Å²) in [6.07, 6.45) is 0.626. The lowest BCUT2D eigenvalue weighted by Crippen LogP contribution is -2.38. The molecule has 0 saturated heterocycles. The summed E-state index contributed by atoms with van der Waals surface area (Å²) in [5.74, 6) is -0.437. The number of amides is 1. The van der Waals surface area contributed by atoms with E-state index >= 15 is 0 Å². The largest absolute Gasteiger partial charge is 0.323 e. The first-order chi connectivity index (χ1) is 12.3. The van der Waals surface area contributed by atoms with E-state index in [1.54, 1.807) is 17.0 Å². The van der Waals surface area contributed by atoms with Crippen LogP contribution in [0.2, 0.25) is 0 Å². The fourth-order valence-corrected chi connectivity index (χ4v) is 4.04. The Kier molecular flexibility index (Phi) is 6.64. The third-order valence-corrected chi connectivity index (χ3v) is 6.32. The van der Waals surface area contributed by atoms with Crippen LogP contribution >= 0.6 is 12.4 Å². The third-order valence-electron chi connectivity index (χ3n) is 4.90. The molecule has 6 nitrogen and oxygen atoms in total. The van der Waals surface area contributed by atoms with Crippen molar-refractivity contribution in [3.05, 3.63) is 59.7 Å². The van der Waals surface area contributed by atoms with E-state index in [-0.39, 0.29) is 29.1 Å². The topological polar surface area (TPSA) is 92.5 Å². The van der Waals surface area contributed by atoms with Crippen molar-refractivity contribution in [3.8, 4) is 0 Å². The predicted octanol–water partition coefficient (Wildman–Crippen LogP) is 2.24. The lowest BCUT2D eigenvalue weighted by atomic mass is 9.94. The van der Waals surface area contributed by atoms with Crippen molar-refractivity contribution < 1.29 is 13.2 Å².